The van der Waals surface area contributed by atoms with E-state index in [0.29, 0.717) is 18.7 Å². The number of carbonyl (C=O) groups is 1. The van der Waals surface area contributed by atoms with Crippen LogP contribution in [0.15, 0.2) is 32.9 Å². The van der Waals surface area contributed by atoms with Gasteiger partial charge in [0.15, 0.2) is 11.6 Å². The molecule has 4 aliphatic rings. The molecular weight excluding hydrogens is 292 g/mol. The fourth-order valence-electron chi connectivity index (χ4n) is 4.51. The van der Waals surface area contributed by atoms with Gasteiger partial charge in [0.2, 0.25) is 0 Å². The van der Waals surface area contributed by atoms with Crippen molar-refractivity contribution in [1.82, 2.24) is 10.2 Å². The standard InChI is InChI=1S/C17H24N4O2/c1-16(2)6-12-14(13(22)7-16)17(9-21(10-17)4-5-23-3)11-8-18-20-15(11)19-12/h19H,4-10H2,1-3H3. The number of azo groups is 1. The second-order valence-electron chi connectivity index (χ2n) is 7.93. The number of allylic oxidation sites excluding steroid dienone is 1. The molecule has 0 atom stereocenters. The third-order valence-corrected chi connectivity index (χ3v) is 5.48. The zero-order valence-corrected chi connectivity index (χ0v) is 14.1. The second-order valence-corrected chi connectivity index (χ2v) is 7.93. The smallest absolute Gasteiger partial charge is 0.162 e. The Kier molecular flexibility index (Phi) is 3.25. The average Bonchev–Trinajstić information content (AvgIpc) is 2.88. The number of nitrogens with one attached hydrogen (secondary N) is 1. The van der Waals surface area contributed by atoms with Crippen molar-refractivity contribution in [3.63, 3.8) is 0 Å². The van der Waals surface area contributed by atoms with Crippen molar-refractivity contribution in [2.24, 2.45) is 21.1 Å². The van der Waals surface area contributed by atoms with Crippen molar-refractivity contribution in [2.75, 3.05) is 39.9 Å². The minimum Gasteiger partial charge on any atom is -0.383 e. The van der Waals surface area contributed by atoms with Crippen LogP contribution in [0.25, 0.3) is 0 Å². The molecule has 1 fully saturated rings. The number of dihydropyridines is 1. The van der Waals surface area contributed by atoms with E-state index in [1.54, 1.807) is 7.11 Å². The SMILES string of the molecule is COCCN1CC2(C1)C1=C(N=NC1)NC1=C2C(=O)CC(C)(C)C1. The van der Waals surface area contributed by atoms with Crippen LogP contribution >= 0.6 is 0 Å². The molecule has 0 saturated carbocycles. The Morgan fingerprint density at radius 1 is 1.30 bits per heavy atom. The maximum Gasteiger partial charge on any atom is 0.162 e. The second kappa shape index (κ2) is 4.98. The number of hydrogen-bond acceptors (Lipinski definition) is 6. The Hall–Kier alpha value is -1.53. The lowest BCUT2D eigenvalue weighted by atomic mass is 9.60. The van der Waals surface area contributed by atoms with Gasteiger partial charge in [-0.2, -0.15) is 5.11 Å². The molecule has 3 aliphatic heterocycles. The zero-order chi connectivity index (χ0) is 16.2. The summed E-state index contributed by atoms with van der Waals surface area (Å²) in [4.78, 5) is 15.3. The highest BCUT2D eigenvalue weighted by Gasteiger charge is 2.56. The first-order valence-electron chi connectivity index (χ1n) is 8.31. The summed E-state index contributed by atoms with van der Waals surface area (Å²) >= 11 is 0. The highest BCUT2D eigenvalue weighted by Crippen LogP contribution is 2.54. The van der Waals surface area contributed by atoms with Crippen molar-refractivity contribution in [2.45, 2.75) is 26.7 Å². The van der Waals surface area contributed by atoms with Gasteiger partial charge in [0, 0.05) is 50.0 Å². The van der Waals surface area contributed by atoms with Crippen LogP contribution in [0.3, 0.4) is 0 Å². The Labute approximate surface area is 136 Å². The molecule has 0 aromatic heterocycles. The van der Waals surface area contributed by atoms with Gasteiger partial charge >= 0.3 is 0 Å². The summed E-state index contributed by atoms with van der Waals surface area (Å²) in [6.45, 7) is 8.34. The maximum atomic E-state index is 12.9. The molecular formula is C17H24N4O2. The van der Waals surface area contributed by atoms with Crippen LogP contribution in [-0.2, 0) is 9.53 Å². The highest BCUT2D eigenvalue weighted by atomic mass is 16.5. The van der Waals surface area contributed by atoms with Crippen molar-refractivity contribution in [3.05, 3.63) is 22.7 Å². The van der Waals surface area contributed by atoms with Gasteiger partial charge in [-0.15, -0.1) is 5.11 Å². The molecule has 0 aromatic carbocycles. The summed E-state index contributed by atoms with van der Waals surface area (Å²) in [6, 6.07) is 0. The number of methoxy groups -OCH3 is 1. The molecule has 6 heteroatoms. The summed E-state index contributed by atoms with van der Waals surface area (Å²) in [5.74, 6) is 1.19. The van der Waals surface area contributed by atoms with Crippen molar-refractivity contribution >= 4 is 5.78 Å². The van der Waals surface area contributed by atoms with Crippen molar-refractivity contribution in [3.8, 4) is 0 Å². The van der Waals surface area contributed by atoms with Crippen LogP contribution in [0, 0.1) is 10.8 Å². The number of hydrogen-bond donors (Lipinski definition) is 1. The van der Waals surface area contributed by atoms with Gasteiger partial charge < -0.3 is 10.1 Å². The van der Waals surface area contributed by atoms with Gasteiger partial charge in [-0.1, -0.05) is 13.8 Å². The van der Waals surface area contributed by atoms with Gasteiger partial charge in [-0.05, 0) is 11.8 Å². The molecule has 1 spiro atoms. The summed E-state index contributed by atoms with van der Waals surface area (Å²) in [7, 11) is 1.73. The van der Waals surface area contributed by atoms with Crippen LogP contribution in [0.5, 0.6) is 0 Å². The molecule has 3 heterocycles. The number of fused-ring (bicyclic) bond motifs is 2. The molecule has 0 unspecified atom stereocenters. The Morgan fingerprint density at radius 2 is 2.09 bits per heavy atom. The molecule has 124 valence electrons. The molecule has 0 bridgehead atoms. The quantitative estimate of drug-likeness (QED) is 0.863. The number of ketones is 1. The zero-order valence-electron chi connectivity index (χ0n) is 14.1. The van der Waals surface area contributed by atoms with Gasteiger partial charge in [0.05, 0.1) is 18.6 Å². The van der Waals surface area contributed by atoms with E-state index in [0.717, 1.165) is 49.8 Å². The Morgan fingerprint density at radius 3 is 2.83 bits per heavy atom. The Balaban J connectivity index is 1.69. The summed E-state index contributed by atoms with van der Waals surface area (Å²) in [6.07, 6.45) is 1.53. The first kappa shape index (κ1) is 15.0. The number of ether oxygens (including phenoxy) is 1. The topological polar surface area (TPSA) is 66.3 Å². The Bertz CT molecular complexity index is 654. The van der Waals surface area contributed by atoms with Crippen LogP contribution < -0.4 is 5.32 Å². The average molecular weight is 316 g/mol. The third kappa shape index (κ3) is 2.19. The predicted molar refractivity (Wildman–Crippen MR) is 85.7 cm³/mol. The maximum absolute atomic E-state index is 12.9. The van der Waals surface area contributed by atoms with Crippen LogP contribution in [0.1, 0.15) is 26.7 Å². The van der Waals surface area contributed by atoms with E-state index >= 15 is 0 Å². The fraction of sp³-hybridized carbons (Fsp3) is 0.706. The van der Waals surface area contributed by atoms with Crippen LogP contribution in [-0.4, -0.2) is 50.6 Å². The monoisotopic (exact) mass is 316 g/mol. The van der Waals surface area contributed by atoms with E-state index < -0.39 is 0 Å². The largest absolute Gasteiger partial charge is 0.383 e. The molecule has 1 N–H and O–H groups in total. The van der Waals surface area contributed by atoms with Gasteiger partial charge in [0.1, 0.15) is 0 Å². The van der Waals surface area contributed by atoms with Gasteiger partial charge in [-0.25, -0.2) is 0 Å². The molecule has 0 amide bonds. The van der Waals surface area contributed by atoms with E-state index in [1.807, 2.05) is 0 Å². The minimum absolute atomic E-state index is 0.0113. The molecule has 0 radical (unpaired) electrons. The number of carbonyl (C=O) groups excluding carboxylic acids is 1. The van der Waals surface area contributed by atoms with E-state index in [4.69, 9.17) is 4.74 Å². The molecule has 6 nitrogen and oxygen atoms in total. The first-order chi connectivity index (χ1) is 11.0. The summed E-state index contributed by atoms with van der Waals surface area (Å²) in [5.41, 5.74) is 3.14. The van der Waals surface area contributed by atoms with E-state index in [1.165, 1.54) is 5.57 Å². The molecule has 4 rings (SSSR count). The highest BCUT2D eigenvalue weighted by molar-refractivity contribution is 6.00. The molecule has 0 aromatic rings. The minimum atomic E-state index is -0.166. The summed E-state index contributed by atoms with van der Waals surface area (Å²) < 4.78 is 5.18. The first-order valence-corrected chi connectivity index (χ1v) is 8.31. The van der Waals surface area contributed by atoms with Crippen LogP contribution in [0.4, 0.5) is 0 Å². The van der Waals surface area contributed by atoms with Crippen molar-refractivity contribution < 1.29 is 9.53 Å². The lowest BCUT2D eigenvalue weighted by Gasteiger charge is -2.55. The molecule has 23 heavy (non-hydrogen) atoms. The summed E-state index contributed by atoms with van der Waals surface area (Å²) in [5, 5.41) is 11.9. The number of rotatable bonds is 3. The van der Waals surface area contributed by atoms with E-state index in [9.17, 15) is 4.79 Å². The normalized spacial score (nSPS) is 27.9. The van der Waals surface area contributed by atoms with E-state index in [-0.39, 0.29) is 10.8 Å². The van der Waals surface area contributed by atoms with Crippen LogP contribution in [0.2, 0.25) is 0 Å². The molecule has 1 saturated heterocycles. The molecule has 1 aliphatic carbocycles. The number of Topliss-reactive ketones (excluding diaryl/α,β-unsaturated/α-hetero) is 1. The number of nitrogens with zero attached hydrogens (tertiary/aromatic N) is 3. The fourth-order valence-corrected chi connectivity index (χ4v) is 4.51. The van der Waals surface area contributed by atoms with Gasteiger partial charge in [0.25, 0.3) is 0 Å². The predicted octanol–water partition coefficient (Wildman–Crippen LogP) is 1.86. The van der Waals surface area contributed by atoms with E-state index in [2.05, 4.69) is 34.3 Å². The van der Waals surface area contributed by atoms with Crippen molar-refractivity contribution in [1.29, 1.82) is 0 Å². The number of likely N-dealkylation sites (tertiary alicyclic amines) is 1. The lowest BCUT2D eigenvalue weighted by Crippen LogP contribution is -2.62. The third-order valence-electron chi connectivity index (χ3n) is 5.48. The van der Waals surface area contributed by atoms with Gasteiger partial charge in [-0.3, -0.25) is 9.69 Å². The lowest BCUT2D eigenvalue weighted by molar-refractivity contribution is -0.120.